The van der Waals surface area contributed by atoms with Crippen molar-refractivity contribution < 1.29 is 14.3 Å². The highest BCUT2D eigenvalue weighted by Crippen LogP contribution is 2.06. The van der Waals surface area contributed by atoms with E-state index in [0.29, 0.717) is 6.61 Å². The van der Waals surface area contributed by atoms with Crippen molar-refractivity contribution in [1.29, 1.82) is 0 Å². The number of hydrogen-bond acceptors (Lipinski definition) is 3. The molecule has 0 aliphatic heterocycles. The molecule has 0 aromatic heterocycles. The molecule has 0 heterocycles. The van der Waals surface area contributed by atoms with E-state index in [-0.39, 0.29) is 12.6 Å². The minimum Gasteiger partial charge on any atom is -0.460 e. The van der Waals surface area contributed by atoms with Gasteiger partial charge in [-0.2, -0.15) is 0 Å². The van der Waals surface area contributed by atoms with Gasteiger partial charge in [0.05, 0.1) is 0 Å². The monoisotopic (exact) mass is 226 g/mol. The van der Waals surface area contributed by atoms with Crippen LogP contribution in [-0.2, 0) is 14.3 Å². The number of esters is 1. The molecule has 0 saturated carbocycles. The van der Waals surface area contributed by atoms with E-state index >= 15 is 0 Å². The largest absolute Gasteiger partial charge is 0.460 e. The average Bonchev–Trinajstić information content (AvgIpc) is 2.17. The lowest BCUT2D eigenvalue weighted by atomic mass is 10.1. The van der Waals surface area contributed by atoms with Crippen molar-refractivity contribution in [1.82, 2.24) is 0 Å². The maximum atomic E-state index is 10.9. The Labute approximate surface area is 98.1 Å². The quantitative estimate of drug-likeness (QED) is 0.494. The van der Waals surface area contributed by atoms with Gasteiger partial charge in [0, 0.05) is 7.11 Å². The number of carbonyl (C=O) groups excluding carboxylic acids is 1. The summed E-state index contributed by atoms with van der Waals surface area (Å²) < 4.78 is 9.57. The highest BCUT2D eigenvalue weighted by atomic mass is 16.6. The highest BCUT2D eigenvalue weighted by Gasteiger charge is 1.98. The minimum atomic E-state index is -0.323. The first-order chi connectivity index (χ1) is 7.56. The topological polar surface area (TPSA) is 35.5 Å². The van der Waals surface area contributed by atoms with Crippen molar-refractivity contribution in [2.75, 3.05) is 20.3 Å². The van der Waals surface area contributed by atoms with Gasteiger partial charge in [0.1, 0.15) is 13.2 Å². The molecule has 0 aliphatic carbocycles. The van der Waals surface area contributed by atoms with E-state index in [2.05, 4.69) is 24.7 Å². The van der Waals surface area contributed by atoms with Gasteiger partial charge in [-0.15, -0.1) is 0 Å². The smallest absolute Gasteiger partial charge is 0.332 e. The Kier molecular flexibility index (Phi) is 8.53. The minimum absolute atomic E-state index is 0.0185. The highest BCUT2D eigenvalue weighted by molar-refractivity contribution is 5.70. The molecule has 0 rings (SSSR count). The molecule has 0 atom stereocenters. The van der Waals surface area contributed by atoms with Gasteiger partial charge in [-0.05, 0) is 39.7 Å². The normalized spacial score (nSPS) is 11.1. The number of carbonyl (C=O) groups is 1. The molecule has 92 valence electrons. The molecule has 0 unspecified atom stereocenters. The number of ether oxygens (including phenoxy) is 2. The first kappa shape index (κ1) is 14.9. The summed E-state index contributed by atoms with van der Waals surface area (Å²) in [4.78, 5) is 10.9. The summed E-state index contributed by atoms with van der Waals surface area (Å²) in [5, 5.41) is 0. The maximum Gasteiger partial charge on any atom is 0.332 e. The Balaban J connectivity index is 3.70. The second kappa shape index (κ2) is 9.16. The summed E-state index contributed by atoms with van der Waals surface area (Å²) in [6, 6.07) is 0. The van der Waals surface area contributed by atoms with E-state index in [1.165, 1.54) is 18.3 Å². The van der Waals surface area contributed by atoms with Gasteiger partial charge >= 0.3 is 5.97 Å². The molecule has 0 aromatic carbocycles. The third-order valence-corrected chi connectivity index (χ3v) is 2.03. The van der Waals surface area contributed by atoms with Gasteiger partial charge in [0.15, 0.2) is 0 Å². The van der Waals surface area contributed by atoms with Crippen molar-refractivity contribution >= 4 is 5.97 Å². The lowest BCUT2D eigenvalue weighted by Crippen LogP contribution is -2.11. The fraction of sp³-hybridized carbons (Fsp3) is 0.615. The molecule has 16 heavy (non-hydrogen) atoms. The molecular weight excluding hydrogens is 204 g/mol. The van der Waals surface area contributed by atoms with E-state index in [0.717, 1.165) is 12.8 Å². The Morgan fingerprint density at radius 1 is 1.19 bits per heavy atom. The molecule has 0 saturated heterocycles. The van der Waals surface area contributed by atoms with Crippen LogP contribution in [0.25, 0.3) is 0 Å². The zero-order valence-corrected chi connectivity index (χ0v) is 10.7. The van der Waals surface area contributed by atoms with Gasteiger partial charge < -0.3 is 9.47 Å². The molecule has 3 heteroatoms. The van der Waals surface area contributed by atoms with Crippen LogP contribution in [0.2, 0.25) is 0 Å². The van der Waals surface area contributed by atoms with Crippen molar-refractivity contribution in [3.8, 4) is 0 Å². The second-order valence-corrected chi connectivity index (χ2v) is 3.99. The van der Waals surface area contributed by atoms with Crippen LogP contribution < -0.4 is 0 Å². The van der Waals surface area contributed by atoms with Crippen molar-refractivity contribution in [3.05, 3.63) is 23.3 Å². The summed E-state index contributed by atoms with van der Waals surface area (Å²) >= 11 is 0. The van der Waals surface area contributed by atoms with Crippen LogP contribution in [0.5, 0.6) is 0 Å². The summed E-state index contributed by atoms with van der Waals surface area (Å²) in [5.74, 6) is -0.323. The van der Waals surface area contributed by atoms with Crippen LogP contribution >= 0.6 is 0 Å². The molecule has 3 nitrogen and oxygen atoms in total. The van der Waals surface area contributed by atoms with Gasteiger partial charge in [0.2, 0.25) is 0 Å². The van der Waals surface area contributed by atoms with Crippen LogP contribution in [0.3, 0.4) is 0 Å². The Morgan fingerprint density at radius 2 is 1.88 bits per heavy atom. The van der Waals surface area contributed by atoms with Crippen LogP contribution in [0.4, 0.5) is 0 Å². The van der Waals surface area contributed by atoms with E-state index in [1.54, 1.807) is 0 Å². The van der Waals surface area contributed by atoms with E-state index in [9.17, 15) is 4.79 Å². The molecule has 0 aromatic rings. The molecule has 0 fully saturated rings. The summed E-state index contributed by atoms with van der Waals surface area (Å²) in [6.07, 6.45) is 6.18. The van der Waals surface area contributed by atoms with Gasteiger partial charge in [-0.25, -0.2) is 4.79 Å². The summed E-state index contributed by atoms with van der Waals surface area (Å²) in [5.41, 5.74) is 2.57. The maximum absolute atomic E-state index is 10.9. The van der Waals surface area contributed by atoms with Crippen LogP contribution in [0.1, 0.15) is 33.6 Å². The molecule has 0 aliphatic rings. The zero-order valence-electron chi connectivity index (χ0n) is 10.7. The van der Waals surface area contributed by atoms with Gasteiger partial charge in [0.25, 0.3) is 0 Å². The van der Waals surface area contributed by atoms with Gasteiger partial charge in [-0.3, -0.25) is 0 Å². The Hall–Kier alpha value is -1.09. The van der Waals surface area contributed by atoms with E-state index in [4.69, 9.17) is 4.74 Å². The third-order valence-electron chi connectivity index (χ3n) is 2.03. The predicted molar refractivity (Wildman–Crippen MR) is 65.3 cm³/mol. The average molecular weight is 226 g/mol. The zero-order chi connectivity index (χ0) is 12.4. The SMILES string of the molecule is COCC(=O)OC/C=C(\C)CCC=C(C)C. The Morgan fingerprint density at radius 3 is 2.44 bits per heavy atom. The summed E-state index contributed by atoms with van der Waals surface area (Å²) in [7, 11) is 1.47. The second-order valence-electron chi connectivity index (χ2n) is 3.99. The fourth-order valence-electron chi connectivity index (χ4n) is 1.13. The Bertz CT molecular complexity index is 260. The molecule has 0 radical (unpaired) electrons. The van der Waals surface area contributed by atoms with Crippen molar-refractivity contribution in [3.63, 3.8) is 0 Å². The van der Waals surface area contributed by atoms with Crippen LogP contribution in [0.15, 0.2) is 23.3 Å². The fourth-order valence-corrected chi connectivity index (χ4v) is 1.13. The lowest BCUT2D eigenvalue weighted by Gasteiger charge is -2.02. The number of methoxy groups -OCH3 is 1. The van der Waals surface area contributed by atoms with Gasteiger partial charge in [-0.1, -0.05) is 17.2 Å². The first-order valence-corrected chi connectivity index (χ1v) is 5.49. The van der Waals surface area contributed by atoms with E-state index in [1.807, 2.05) is 13.0 Å². The van der Waals surface area contributed by atoms with Crippen molar-refractivity contribution in [2.45, 2.75) is 33.6 Å². The number of rotatable bonds is 7. The summed E-state index contributed by atoms with van der Waals surface area (Å²) in [6.45, 7) is 6.58. The molecule has 0 bridgehead atoms. The predicted octanol–water partition coefficient (Wildman–Crippen LogP) is 2.87. The lowest BCUT2D eigenvalue weighted by molar-refractivity contribution is -0.146. The standard InChI is InChI=1S/C13H22O3/c1-11(2)6-5-7-12(3)8-9-16-13(14)10-15-4/h6,8H,5,7,9-10H2,1-4H3/b12-8+. The third kappa shape index (κ3) is 9.46. The molecule has 0 amide bonds. The molecular formula is C13H22O3. The molecule has 0 N–H and O–H groups in total. The first-order valence-electron chi connectivity index (χ1n) is 5.49. The van der Waals surface area contributed by atoms with Crippen LogP contribution in [0, 0.1) is 0 Å². The number of allylic oxidation sites excluding steroid dienone is 3. The van der Waals surface area contributed by atoms with Crippen LogP contribution in [-0.4, -0.2) is 26.3 Å². The molecule has 0 spiro atoms. The number of hydrogen-bond donors (Lipinski definition) is 0. The van der Waals surface area contributed by atoms with E-state index < -0.39 is 0 Å². The van der Waals surface area contributed by atoms with Crippen molar-refractivity contribution in [2.24, 2.45) is 0 Å².